The third-order valence-corrected chi connectivity index (χ3v) is 12.8. The summed E-state index contributed by atoms with van der Waals surface area (Å²) in [4.78, 5) is 41.9. The van der Waals surface area contributed by atoms with Gasteiger partial charge in [-0.3, -0.25) is 24.5 Å². The molecule has 11 nitrogen and oxygen atoms in total. The maximum atomic E-state index is 13.8. The fourth-order valence-electron chi connectivity index (χ4n) is 9.08. The first-order valence-electron chi connectivity index (χ1n) is 19.9. The van der Waals surface area contributed by atoms with E-state index in [2.05, 4.69) is 40.7 Å². The lowest BCUT2D eigenvalue weighted by Gasteiger charge is -2.33. The highest BCUT2D eigenvalue weighted by molar-refractivity contribution is 6.36. The molecule has 2 aliphatic carbocycles. The highest BCUT2D eigenvalue weighted by Gasteiger charge is 2.30. The number of rotatable bonds is 11. The third-order valence-electron chi connectivity index (χ3n) is 12.4. The van der Waals surface area contributed by atoms with Gasteiger partial charge in [-0.25, -0.2) is 4.98 Å². The quantitative estimate of drug-likeness (QED) is 0.111. The number of hydrogen-bond donors (Lipinski definition) is 4. The Labute approximate surface area is 332 Å². The van der Waals surface area contributed by atoms with Crippen LogP contribution in [0.15, 0.2) is 60.9 Å². The van der Waals surface area contributed by atoms with Crippen LogP contribution in [-0.2, 0) is 37.8 Å². The van der Waals surface area contributed by atoms with E-state index in [-0.39, 0.29) is 24.0 Å². The topological polar surface area (TPSA) is 146 Å². The van der Waals surface area contributed by atoms with Crippen molar-refractivity contribution < 1.29 is 19.8 Å². The maximum Gasteiger partial charge on any atom is 0.306 e. The molecule has 4 heterocycles. The van der Waals surface area contributed by atoms with E-state index in [1.165, 1.54) is 0 Å². The number of imidazole rings is 1. The number of pyridine rings is 2. The van der Waals surface area contributed by atoms with Crippen LogP contribution in [0.2, 0.25) is 5.02 Å². The number of benzene rings is 2. The monoisotopic (exact) mass is 775 g/mol. The minimum absolute atomic E-state index is 0.133. The Morgan fingerprint density at radius 2 is 1.80 bits per heavy atom. The van der Waals surface area contributed by atoms with Crippen molar-refractivity contribution in [1.29, 1.82) is 0 Å². The maximum absolute atomic E-state index is 13.8. The van der Waals surface area contributed by atoms with Crippen LogP contribution in [0, 0.1) is 18.8 Å². The summed E-state index contributed by atoms with van der Waals surface area (Å²) in [6.07, 6.45) is 11.1. The molecule has 3 aliphatic rings. The standard InChI is InChI=1S/C44H50ClN7O4/c1-26-30(21-36-41-31(16-18-46-36)20-28(23-48-41)22-47-34-9-5-11-39(34)53)6-3-7-32(26)33-8-4-10-35(40(33)45)50-43(54)42-49-37-25-52(19-17-38(37)51(42)2)24-27-12-14-29(15-13-27)44(55)56/h3-4,6-8,10,16,18,20,23,27,29,34,39,47,53H,5,9,11-15,17,19,21-22,24-25H2,1-2H3,(H,50,54)(H,55,56)/t27?,29?,34-,39-/m0/s1. The predicted octanol–water partition coefficient (Wildman–Crippen LogP) is 7.09. The molecule has 292 valence electrons. The lowest BCUT2D eigenvalue weighted by atomic mass is 9.81. The molecule has 12 heteroatoms. The number of carboxylic acid groups (broad SMARTS) is 1. The number of anilines is 1. The summed E-state index contributed by atoms with van der Waals surface area (Å²) in [5.41, 5.74) is 9.33. The van der Waals surface area contributed by atoms with E-state index < -0.39 is 5.97 Å². The first kappa shape index (κ1) is 38.2. The average Bonchev–Trinajstić information content (AvgIpc) is 3.77. The van der Waals surface area contributed by atoms with E-state index in [1.54, 1.807) is 0 Å². The van der Waals surface area contributed by atoms with Crippen LogP contribution < -0.4 is 10.6 Å². The van der Waals surface area contributed by atoms with Gasteiger partial charge in [0.2, 0.25) is 0 Å². The summed E-state index contributed by atoms with van der Waals surface area (Å²) in [7, 11) is 1.90. The highest BCUT2D eigenvalue weighted by Crippen LogP contribution is 2.37. The molecule has 1 amide bonds. The number of carbonyl (C=O) groups is 2. The van der Waals surface area contributed by atoms with Crippen LogP contribution in [-0.4, -0.2) is 71.7 Å². The molecule has 2 saturated carbocycles. The molecule has 0 unspecified atom stereocenters. The van der Waals surface area contributed by atoms with Gasteiger partial charge in [0.25, 0.3) is 5.91 Å². The van der Waals surface area contributed by atoms with Gasteiger partial charge >= 0.3 is 5.97 Å². The molecule has 5 aromatic rings. The van der Waals surface area contributed by atoms with Crippen molar-refractivity contribution in [3.05, 3.63) is 106 Å². The molecule has 1 aliphatic heterocycles. The number of nitrogens with one attached hydrogen (secondary N) is 2. The van der Waals surface area contributed by atoms with E-state index >= 15 is 0 Å². The number of amides is 1. The summed E-state index contributed by atoms with van der Waals surface area (Å²) in [6.45, 7) is 5.24. The lowest BCUT2D eigenvalue weighted by molar-refractivity contribution is -0.143. The van der Waals surface area contributed by atoms with Crippen molar-refractivity contribution in [2.45, 2.75) is 89.9 Å². The van der Waals surface area contributed by atoms with Gasteiger partial charge in [0, 0.05) is 81.1 Å². The Balaban J connectivity index is 0.950. The van der Waals surface area contributed by atoms with Gasteiger partial charge in [0.15, 0.2) is 5.82 Å². The van der Waals surface area contributed by atoms with Crippen molar-refractivity contribution in [2.24, 2.45) is 18.9 Å². The molecule has 56 heavy (non-hydrogen) atoms. The van der Waals surface area contributed by atoms with E-state index in [9.17, 15) is 19.8 Å². The van der Waals surface area contributed by atoms with E-state index in [4.69, 9.17) is 26.6 Å². The van der Waals surface area contributed by atoms with Crippen LogP contribution in [0.3, 0.4) is 0 Å². The first-order chi connectivity index (χ1) is 27.1. The lowest BCUT2D eigenvalue weighted by Crippen LogP contribution is -2.36. The number of nitrogens with zero attached hydrogens (tertiary/aromatic N) is 5. The minimum Gasteiger partial charge on any atom is -0.481 e. The number of aromatic nitrogens is 4. The van der Waals surface area contributed by atoms with Gasteiger partial charge in [-0.05, 0) is 98.2 Å². The van der Waals surface area contributed by atoms with Crippen molar-refractivity contribution in [2.75, 3.05) is 18.4 Å². The number of hydrogen-bond acceptors (Lipinski definition) is 8. The predicted molar refractivity (Wildman–Crippen MR) is 218 cm³/mol. The molecule has 4 N–H and O–H groups in total. The van der Waals surface area contributed by atoms with Gasteiger partial charge in [-0.15, -0.1) is 0 Å². The van der Waals surface area contributed by atoms with Crippen molar-refractivity contribution in [3.63, 3.8) is 0 Å². The Hall–Kier alpha value is -4.68. The largest absolute Gasteiger partial charge is 0.481 e. The van der Waals surface area contributed by atoms with Gasteiger partial charge in [0.05, 0.1) is 39.6 Å². The Bertz CT molecular complexity index is 2270. The van der Waals surface area contributed by atoms with Crippen LogP contribution in [0.1, 0.15) is 89.3 Å². The average molecular weight is 776 g/mol. The zero-order valence-corrected chi connectivity index (χ0v) is 32.9. The zero-order chi connectivity index (χ0) is 38.9. The summed E-state index contributed by atoms with van der Waals surface area (Å²) < 4.78 is 1.90. The smallest absolute Gasteiger partial charge is 0.306 e. The molecule has 8 rings (SSSR count). The second-order valence-corrected chi connectivity index (χ2v) is 16.4. The molecule has 0 bridgehead atoms. The number of halogens is 1. The van der Waals surface area contributed by atoms with Gasteiger partial charge in [0.1, 0.15) is 0 Å². The second kappa shape index (κ2) is 16.4. The van der Waals surface area contributed by atoms with Gasteiger partial charge < -0.3 is 25.4 Å². The minimum atomic E-state index is -0.674. The summed E-state index contributed by atoms with van der Waals surface area (Å²) in [5.74, 6) is -0.353. The summed E-state index contributed by atoms with van der Waals surface area (Å²) in [5, 5.41) is 27.6. The molecular formula is C44H50ClN7O4. The molecule has 0 spiro atoms. The fraction of sp³-hybridized carbons (Fsp3) is 0.432. The Kier molecular flexibility index (Phi) is 11.2. The fourth-order valence-corrected chi connectivity index (χ4v) is 9.35. The molecule has 2 atom stereocenters. The van der Waals surface area contributed by atoms with Gasteiger partial charge in [-0.1, -0.05) is 41.9 Å². The molecule has 2 fully saturated rings. The third kappa shape index (κ3) is 7.95. The van der Waals surface area contributed by atoms with Crippen LogP contribution in [0.25, 0.3) is 22.0 Å². The van der Waals surface area contributed by atoms with Crippen LogP contribution in [0.5, 0.6) is 0 Å². The van der Waals surface area contributed by atoms with E-state index in [0.717, 1.165) is 120 Å². The molecule has 0 radical (unpaired) electrons. The van der Waals surface area contributed by atoms with Crippen LogP contribution >= 0.6 is 11.6 Å². The SMILES string of the molecule is Cc1c(Cc2nccc3cc(CN[C@H]4CCC[C@@H]4O)cnc23)cccc1-c1cccc(NC(=O)c2nc3c(n2C)CCN(CC2CCC(C(=O)O)CC2)C3)c1Cl. The molecule has 3 aromatic heterocycles. The summed E-state index contributed by atoms with van der Waals surface area (Å²) in [6, 6.07) is 16.2. The molecule has 0 saturated heterocycles. The highest BCUT2D eigenvalue weighted by atomic mass is 35.5. The van der Waals surface area contributed by atoms with Crippen molar-refractivity contribution >= 4 is 40.1 Å². The Morgan fingerprint density at radius 1 is 1.00 bits per heavy atom. The molecular weight excluding hydrogens is 726 g/mol. The Morgan fingerprint density at radius 3 is 2.59 bits per heavy atom. The number of carboxylic acids is 1. The van der Waals surface area contributed by atoms with E-state index in [0.29, 0.717) is 42.0 Å². The van der Waals surface area contributed by atoms with E-state index in [1.807, 2.05) is 54.3 Å². The molecule has 2 aromatic carbocycles. The number of aliphatic hydroxyl groups is 1. The summed E-state index contributed by atoms with van der Waals surface area (Å²) >= 11 is 7.08. The number of aliphatic hydroxyl groups excluding tert-OH is 1. The van der Waals surface area contributed by atoms with Crippen LogP contribution in [0.4, 0.5) is 5.69 Å². The number of carbonyl (C=O) groups excluding carboxylic acids is 1. The van der Waals surface area contributed by atoms with Crippen molar-refractivity contribution in [1.82, 2.24) is 29.7 Å². The number of fused-ring (bicyclic) bond motifs is 2. The number of aliphatic carboxylic acids is 1. The zero-order valence-electron chi connectivity index (χ0n) is 32.1. The van der Waals surface area contributed by atoms with Gasteiger partial charge in [-0.2, -0.15) is 0 Å². The second-order valence-electron chi connectivity index (χ2n) is 16.0. The first-order valence-corrected chi connectivity index (χ1v) is 20.3. The normalized spacial score (nSPS) is 21.3. The van der Waals surface area contributed by atoms with Crippen molar-refractivity contribution in [3.8, 4) is 11.1 Å².